The Bertz CT molecular complexity index is 974. The molecule has 5 nitrogen and oxygen atoms in total. The average molecular weight is 394 g/mol. The summed E-state index contributed by atoms with van der Waals surface area (Å²) in [6.45, 7) is 4.09. The zero-order valence-electron chi connectivity index (χ0n) is 14.1. The number of aromatic nitrogens is 2. The lowest BCUT2D eigenvalue weighted by atomic mass is 10.2. The molecule has 0 amide bonds. The highest BCUT2D eigenvalue weighted by Crippen LogP contribution is 2.32. The van der Waals surface area contributed by atoms with Crippen LogP contribution in [-0.4, -0.2) is 24.5 Å². The molecule has 1 aromatic carbocycles. The van der Waals surface area contributed by atoms with Crippen molar-refractivity contribution in [2.45, 2.75) is 29.0 Å². The molecule has 25 heavy (non-hydrogen) atoms. The number of nitrogens with one attached hydrogen (secondary N) is 1. The van der Waals surface area contributed by atoms with E-state index in [0.717, 1.165) is 16.2 Å². The van der Waals surface area contributed by atoms with Crippen molar-refractivity contribution in [1.82, 2.24) is 9.78 Å². The highest BCUT2D eigenvalue weighted by Gasteiger charge is 2.20. The summed E-state index contributed by atoms with van der Waals surface area (Å²) in [5, 5.41) is 6.16. The summed E-state index contributed by atoms with van der Waals surface area (Å²) >= 11 is 2.71. The van der Waals surface area contributed by atoms with Gasteiger partial charge < -0.3 is 0 Å². The maximum Gasteiger partial charge on any atom is 0.271 e. The summed E-state index contributed by atoms with van der Waals surface area (Å²) in [6.07, 6.45) is 3.65. The van der Waals surface area contributed by atoms with Crippen molar-refractivity contribution in [1.29, 1.82) is 0 Å². The van der Waals surface area contributed by atoms with Crippen molar-refractivity contribution in [3.05, 3.63) is 48.0 Å². The molecule has 1 N–H and O–H groups in total. The van der Waals surface area contributed by atoms with Crippen LogP contribution in [0.25, 0.3) is 11.3 Å². The number of rotatable bonds is 6. The fraction of sp³-hybridized carbons (Fsp3) is 0.235. The lowest BCUT2D eigenvalue weighted by Gasteiger charge is -2.10. The predicted octanol–water partition coefficient (Wildman–Crippen LogP) is 4.72. The molecule has 0 aliphatic rings. The normalized spacial score (nSPS) is 11.8. The second-order valence-electron chi connectivity index (χ2n) is 5.71. The number of thiophene rings is 1. The van der Waals surface area contributed by atoms with Gasteiger partial charge in [0.05, 0.1) is 11.4 Å². The second kappa shape index (κ2) is 7.23. The highest BCUT2D eigenvalue weighted by atomic mass is 32.2. The van der Waals surface area contributed by atoms with Gasteiger partial charge in [0.1, 0.15) is 4.21 Å². The van der Waals surface area contributed by atoms with Gasteiger partial charge in [0, 0.05) is 28.1 Å². The molecule has 0 atom stereocenters. The van der Waals surface area contributed by atoms with Gasteiger partial charge in [-0.1, -0.05) is 12.1 Å². The molecule has 0 fully saturated rings. The first-order chi connectivity index (χ1) is 11.9. The summed E-state index contributed by atoms with van der Waals surface area (Å²) in [7, 11) is -3.62. The molecule has 0 saturated carbocycles. The van der Waals surface area contributed by atoms with Crippen LogP contribution in [0.15, 0.2) is 57.1 Å². The van der Waals surface area contributed by atoms with E-state index in [1.54, 1.807) is 18.3 Å². The monoisotopic (exact) mass is 393 g/mol. The number of anilines is 1. The van der Waals surface area contributed by atoms with Crippen molar-refractivity contribution >= 4 is 38.8 Å². The Kier molecular flexibility index (Phi) is 5.21. The lowest BCUT2D eigenvalue weighted by Crippen LogP contribution is -2.12. The van der Waals surface area contributed by atoms with E-state index in [2.05, 4.69) is 9.82 Å². The van der Waals surface area contributed by atoms with Crippen molar-refractivity contribution in [3.63, 3.8) is 0 Å². The first kappa shape index (κ1) is 18.0. The molecule has 3 aromatic rings. The lowest BCUT2D eigenvalue weighted by molar-refractivity contribution is 0.538. The van der Waals surface area contributed by atoms with Crippen LogP contribution in [0.2, 0.25) is 0 Å². The van der Waals surface area contributed by atoms with Gasteiger partial charge in [0.15, 0.2) is 0 Å². The average Bonchev–Trinajstić information content (AvgIpc) is 3.24. The number of sulfonamides is 1. The first-order valence-electron chi connectivity index (χ1n) is 7.70. The van der Waals surface area contributed by atoms with Gasteiger partial charge >= 0.3 is 0 Å². The maximum atomic E-state index is 12.7. The van der Waals surface area contributed by atoms with E-state index in [9.17, 15) is 8.42 Å². The van der Waals surface area contributed by atoms with Gasteiger partial charge in [-0.25, -0.2) is 8.42 Å². The van der Waals surface area contributed by atoms with Crippen LogP contribution in [0.1, 0.15) is 19.9 Å². The zero-order chi connectivity index (χ0) is 18.0. The van der Waals surface area contributed by atoms with E-state index in [1.807, 2.05) is 54.4 Å². The molecule has 0 saturated heterocycles. The third-order valence-electron chi connectivity index (χ3n) is 3.65. The molecule has 8 heteroatoms. The van der Waals surface area contributed by atoms with E-state index >= 15 is 0 Å². The summed E-state index contributed by atoms with van der Waals surface area (Å²) in [5.41, 5.74) is 2.36. The van der Waals surface area contributed by atoms with Crippen molar-refractivity contribution in [3.8, 4) is 11.3 Å². The third kappa shape index (κ3) is 3.75. The fourth-order valence-corrected chi connectivity index (χ4v) is 5.34. The van der Waals surface area contributed by atoms with Crippen LogP contribution in [0, 0.1) is 0 Å². The van der Waals surface area contributed by atoms with Gasteiger partial charge in [-0.05, 0) is 44.4 Å². The van der Waals surface area contributed by atoms with Crippen molar-refractivity contribution in [2.75, 3.05) is 11.0 Å². The molecule has 0 spiro atoms. The SMILES string of the molecule is CSc1ccccc1NS(=O)(=O)c1cc(-c2ccnn2C(C)C)cs1. The smallest absolute Gasteiger partial charge is 0.271 e. The maximum absolute atomic E-state index is 12.7. The molecule has 132 valence electrons. The molecule has 0 aliphatic heterocycles. The minimum absolute atomic E-state index is 0.205. The van der Waals surface area contributed by atoms with Gasteiger partial charge in [-0.3, -0.25) is 9.40 Å². The van der Waals surface area contributed by atoms with Gasteiger partial charge in [-0.2, -0.15) is 5.10 Å². The predicted molar refractivity (Wildman–Crippen MR) is 105 cm³/mol. The topological polar surface area (TPSA) is 64.0 Å². The number of thioether (sulfide) groups is 1. The van der Waals surface area contributed by atoms with Crippen LogP contribution in [0.4, 0.5) is 5.69 Å². The second-order valence-corrected chi connectivity index (χ2v) is 9.38. The Morgan fingerprint density at radius 1 is 1.24 bits per heavy atom. The number of nitrogens with zero attached hydrogens (tertiary/aromatic N) is 2. The first-order valence-corrected chi connectivity index (χ1v) is 11.3. The van der Waals surface area contributed by atoms with Crippen LogP contribution in [-0.2, 0) is 10.0 Å². The van der Waals surface area contributed by atoms with Crippen molar-refractivity contribution < 1.29 is 8.42 Å². The van der Waals surface area contributed by atoms with Crippen LogP contribution >= 0.6 is 23.1 Å². The largest absolute Gasteiger partial charge is 0.278 e. The molecule has 0 aliphatic carbocycles. The van der Waals surface area contributed by atoms with E-state index < -0.39 is 10.0 Å². The van der Waals surface area contributed by atoms with Gasteiger partial charge in [0.2, 0.25) is 0 Å². The van der Waals surface area contributed by atoms with E-state index in [1.165, 1.54) is 23.1 Å². The Balaban J connectivity index is 1.92. The third-order valence-corrected chi connectivity index (χ3v) is 7.25. The molecule has 3 rings (SSSR count). The number of para-hydroxylation sites is 1. The number of hydrogen-bond donors (Lipinski definition) is 1. The van der Waals surface area contributed by atoms with Crippen LogP contribution in [0.5, 0.6) is 0 Å². The van der Waals surface area contributed by atoms with Crippen LogP contribution < -0.4 is 4.72 Å². The van der Waals surface area contributed by atoms with E-state index in [0.29, 0.717) is 5.69 Å². The molecule has 2 heterocycles. The molecular formula is C17H19N3O2S3. The fourth-order valence-electron chi connectivity index (χ4n) is 2.47. The molecule has 0 unspecified atom stereocenters. The summed E-state index contributed by atoms with van der Waals surface area (Å²) < 4.78 is 30.3. The highest BCUT2D eigenvalue weighted by molar-refractivity contribution is 7.99. The quantitative estimate of drug-likeness (QED) is 0.616. The van der Waals surface area contributed by atoms with Gasteiger partial charge in [0.25, 0.3) is 10.0 Å². The molecule has 0 radical (unpaired) electrons. The Labute approximate surface area is 156 Å². The van der Waals surface area contributed by atoms with E-state index in [-0.39, 0.29) is 10.3 Å². The van der Waals surface area contributed by atoms with Gasteiger partial charge in [-0.15, -0.1) is 23.1 Å². The van der Waals surface area contributed by atoms with E-state index in [4.69, 9.17) is 0 Å². The summed E-state index contributed by atoms with van der Waals surface area (Å²) in [4.78, 5) is 0.890. The Hall–Kier alpha value is -1.77. The summed E-state index contributed by atoms with van der Waals surface area (Å²) in [6, 6.07) is 11.2. The number of hydrogen-bond acceptors (Lipinski definition) is 5. The summed E-state index contributed by atoms with van der Waals surface area (Å²) in [5.74, 6) is 0. The minimum atomic E-state index is -3.62. The van der Waals surface area contributed by atoms with Crippen molar-refractivity contribution in [2.24, 2.45) is 0 Å². The molecular weight excluding hydrogens is 374 g/mol. The van der Waals surface area contributed by atoms with Crippen LogP contribution in [0.3, 0.4) is 0 Å². The number of benzene rings is 1. The Morgan fingerprint density at radius 3 is 2.72 bits per heavy atom. The molecule has 2 aromatic heterocycles. The minimum Gasteiger partial charge on any atom is -0.278 e. The molecule has 0 bridgehead atoms. The standard InChI is InChI=1S/C17H19N3O2S3/c1-12(2)20-15(8-9-18-20)13-10-17(24-11-13)25(21,22)19-14-6-4-5-7-16(14)23-3/h4-12,19H,1-3H3. The Morgan fingerprint density at radius 2 is 2.00 bits per heavy atom. The zero-order valence-corrected chi connectivity index (χ0v) is 16.6.